The standard InChI is InChI=1S/C16H24FNO/c1-2-13-5-3-4-6-15(13)19-16-8-7-12(9-10-18)11-14(16)17/h7-8,11,13,15H,2-6,9-10,18H2,1H3. The molecule has 0 bridgehead atoms. The molecule has 1 fully saturated rings. The van der Waals surface area contributed by atoms with Crippen LogP contribution in [0.25, 0.3) is 0 Å². The summed E-state index contributed by atoms with van der Waals surface area (Å²) in [5, 5.41) is 0. The second-order valence-corrected chi connectivity index (χ2v) is 5.41. The molecule has 3 heteroatoms. The van der Waals surface area contributed by atoms with Gasteiger partial charge in [0.2, 0.25) is 0 Å². The molecule has 0 amide bonds. The van der Waals surface area contributed by atoms with Gasteiger partial charge in [-0.25, -0.2) is 4.39 Å². The smallest absolute Gasteiger partial charge is 0.165 e. The van der Waals surface area contributed by atoms with Gasteiger partial charge in [0.25, 0.3) is 0 Å². The molecule has 2 atom stereocenters. The Kier molecular flexibility index (Phi) is 5.20. The highest BCUT2D eigenvalue weighted by Crippen LogP contribution is 2.31. The number of rotatable bonds is 5. The van der Waals surface area contributed by atoms with Crippen LogP contribution < -0.4 is 10.5 Å². The van der Waals surface area contributed by atoms with Gasteiger partial charge in [-0.1, -0.05) is 19.4 Å². The molecule has 0 aromatic heterocycles. The lowest BCUT2D eigenvalue weighted by molar-refractivity contribution is 0.0863. The van der Waals surface area contributed by atoms with Crippen molar-refractivity contribution in [1.29, 1.82) is 0 Å². The summed E-state index contributed by atoms with van der Waals surface area (Å²) in [4.78, 5) is 0. The first kappa shape index (κ1) is 14.3. The van der Waals surface area contributed by atoms with Crippen molar-refractivity contribution in [3.8, 4) is 5.75 Å². The van der Waals surface area contributed by atoms with Crippen LogP contribution in [0.1, 0.15) is 44.6 Å². The minimum atomic E-state index is -0.258. The van der Waals surface area contributed by atoms with E-state index >= 15 is 0 Å². The summed E-state index contributed by atoms with van der Waals surface area (Å²) in [6.45, 7) is 2.73. The van der Waals surface area contributed by atoms with Gasteiger partial charge >= 0.3 is 0 Å². The van der Waals surface area contributed by atoms with Crippen LogP contribution in [0.3, 0.4) is 0 Å². The van der Waals surface area contributed by atoms with E-state index in [1.165, 1.54) is 19.3 Å². The molecular formula is C16H24FNO. The summed E-state index contributed by atoms with van der Waals surface area (Å²) in [7, 11) is 0. The third kappa shape index (κ3) is 3.69. The lowest BCUT2D eigenvalue weighted by Crippen LogP contribution is -2.30. The quantitative estimate of drug-likeness (QED) is 0.881. The maximum absolute atomic E-state index is 14.0. The van der Waals surface area contributed by atoms with Gasteiger partial charge in [-0.3, -0.25) is 0 Å². The fraction of sp³-hybridized carbons (Fsp3) is 0.625. The minimum Gasteiger partial charge on any atom is -0.487 e. The third-order valence-electron chi connectivity index (χ3n) is 4.07. The Morgan fingerprint density at radius 1 is 1.32 bits per heavy atom. The minimum absolute atomic E-state index is 0.175. The second-order valence-electron chi connectivity index (χ2n) is 5.41. The van der Waals surface area contributed by atoms with Crippen LogP contribution in [-0.2, 0) is 6.42 Å². The van der Waals surface area contributed by atoms with Gasteiger partial charge in [0, 0.05) is 0 Å². The highest BCUT2D eigenvalue weighted by atomic mass is 19.1. The van der Waals surface area contributed by atoms with Gasteiger partial charge in [-0.05, 0) is 62.3 Å². The number of hydrogen-bond donors (Lipinski definition) is 1. The topological polar surface area (TPSA) is 35.2 Å². The summed E-state index contributed by atoms with van der Waals surface area (Å²) in [6.07, 6.45) is 6.70. The second kappa shape index (κ2) is 6.90. The molecule has 0 radical (unpaired) electrons. The summed E-state index contributed by atoms with van der Waals surface area (Å²) in [6, 6.07) is 5.21. The first-order chi connectivity index (χ1) is 9.24. The molecule has 1 aromatic carbocycles. The van der Waals surface area contributed by atoms with Crippen molar-refractivity contribution in [2.24, 2.45) is 11.7 Å². The van der Waals surface area contributed by atoms with Crippen molar-refractivity contribution < 1.29 is 9.13 Å². The molecule has 1 aliphatic rings. The van der Waals surface area contributed by atoms with E-state index in [-0.39, 0.29) is 11.9 Å². The Bertz CT molecular complexity index is 408. The molecular weight excluding hydrogens is 241 g/mol. The summed E-state index contributed by atoms with van der Waals surface area (Å²) < 4.78 is 19.9. The monoisotopic (exact) mass is 265 g/mol. The van der Waals surface area contributed by atoms with Gasteiger partial charge in [0.05, 0.1) is 0 Å². The van der Waals surface area contributed by atoms with Crippen LogP contribution in [0.15, 0.2) is 18.2 Å². The first-order valence-electron chi connectivity index (χ1n) is 7.39. The van der Waals surface area contributed by atoms with E-state index in [0.717, 1.165) is 18.4 Å². The van der Waals surface area contributed by atoms with Gasteiger partial charge in [0.1, 0.15) is 6.10 Å². The third-order valence-corrected chi connectivity index (χ3v) is 4.07. The largest absolute Gasteiger partial charge is 0.487 e. The van der Waals surface area contributed by atoms with Gasteiger partial charge < -0.3 is 10.5 Å². The number of hydrogen-bond acceptors (Lipinski definition) is 2. The van der Waals surface area contributed by atoms with Crippen LogP contribution in [0.5, 0.6) is 5.75 Å². The normalized spacial score (nSPS) is 23.3. The number of benzene rings is 1. The number of ether oxygens (including phenoxy) is 1. The van der Waals surface area contributed by atoms with Crippen molar-refractivity contribution in [3.05, 3.63) is 29.6 Å². The van der Waals surface area contributed by atoms with E-state index in [1.54, 1.807) is 12.1 Å². The molecule has 2 N–H and O–H groups in total. The number of halogens is 1. The Balaban J connectivity index is 2.05. The van der Waals surface area contributed by atoms with E-state index < -0.39 is 0 Å². The van der Waals surface area contributed by atoms with Crippen molar-refractivity contribution in [2.75, 3.05) is 6.54 Å². The Hall–Kier alpha value is -1.09. The summed E-state index contributed by atoms with van der Waals surface area (Å²) in [5.74, 6) is 0.703. The van der Waals surface area contributed by atoms with E-state index in [2.05, 4.69) is 6.92 Å². The average Bonchev–Trinajstić information content (AvgIpc) is 2.43. The van der Waals surface area contributed by atoms with Crippen LogP contribution in [-0.4, -0.2) is 12.6 Å². The molecule has 2 unspecified atom stereocenters. The van der Waals surface area contributed by atoms with Gasteiger partial charge in [-0.15, -0.1) is 0 Å². The van der Waals surface area contributed by atoms with Crippen LogP contribution in [0, 0.1) is 11.7 Å². The molecule has 2 rings (SSSR count). The zero-order valence-corrected chi connectivity index (χ0v) is 11.7. The highest BCUT2D eigenvalue weighted by Gasteiger charge is 2.26. The molecule has 1 aromatic rings. The molecule has 106 valence electrons. The zero-order valence-electron chi connectivity index (χ0n) is 11.7. The fourth-order valence-corrected chi connectivity index (χ4v) is 2.92. The molecule has 1 aliphatic carbocycles. The lowest BCUT2D eigenvalue weighted by Gasteiger charge is -2.31. The first-order valence-corrected chi connectivity index (χ1v) is 7.39. The maximum atomic E-state index is 14.0. The van der Waals surface area contributed by atoms with Crippen LogP contribution in [0.2, 0.25) is 0 Å². The molecule has 0 spiro atoms. The predicted octanol–water partition coefficient (Wildman–Crippen LogP) is 3.67. The molecule has 0 heterocycles. The lowest BCUT2D eigenvalue weighted by atomic mass is 9.85. The van der Waals surface area contributed by atoms with E-state index in [1.807, 2.05) is 6.07 Å². The molecule has 1 saturated carbocycles. The number of nitrogens with two attached hydrogens (primary N) is 1. The molecule has 2 nitrogen and oxygen atoms in total. The molecule has 0 aliphatic heterocycles. The molecule has 0 saturated heterocycles. The van der Waals surface area contributed by atoms with E-state index in [4.69, 9.17) is 10.5 Å². The summed E-state index contributed by atoms with van der Waals surface area (Å²) in [5.41, 5.74) is 6.41. The molecule has 19 heavy (non-hydrogen) atoms. The predicted molar refractivity (Wildman–Crippen MR) is 75.8 cm³/mol. The van der Waals surface area contributed by atoms with Crippen molar-refractivity contribution >= 4 is 0 Å². The Morgan fingerprint density at radius 3 is 2.79 bits per heavy atom. The van der Waals surface area contributed by atoms with Gasteiger partial charge in [-0.2, -0.15) is 0 Å². The van der Waals surface area contributed by atoms with Crippen molar-refractivity contribution in [3.63, 3.8) is 0 Å². The highest BCUT2D eigenvalue weighted by molar-refractivity contribution is 5.29. The van der Waals surface area contributed by atoms with Crippen molar-refractivity contribution in [1.82, 2.24) is 0 Å². The van der Waals surface area contributed by atoms with Crippen molar-refractivity contribution in [2.45, 2.75) is 51.6 Å². The fourth-order valence-electron chi connectivity index (χ4n) is 2.92. The van der Waals surface area contributed by atoms with E-state index in [9.17, 15) is 4.39 Å². The SMILES string of the molecule is CCC1CCCCC1Oc1ccc(CCN)cc1F. The Labute approximate surface area is 115 Å². The van der Waals surface area contributed by atoms with E-state index in [0.29, 0.717) is 24.6 Å². The average molecular weight is 265 g/mol. The van der Waals surface area contributed by atoms with Gasteiger partial charge in [0.15, 0.2) is 11.6 Å². The van der Waals surface area contributed by atoms with Crippen LogP contribution >= 0.6 is 0 Å². The zero-order chi connectivity index (χ0) is 13.7. The van der Waals surface area contributed by atoms with Crippen LogP contribution in [0.4, 0.5) is 4.39 Å². The summed E-state index contributed by atoms with van der Waals surface area (Å²) >= 11 is 0. The maximum Gasteiger partial charge on any atom is 0.165 e. The Morgan fingerprint density at radius 2 is 2.11 bits per heavy atom.